The summed E-state index contributed by atoms with van der Waals surface area (Å²) in [4.78, 5) is 14.1. The van der Waals surface area contributed by atoms with Gasteiger partial charge in [-0.2, -0.15) is 0 Å². The first kappa shape index (κ1) is 13.9. The molecule has 6 heteroatoms. The molecule has 0 spiro atoms. The maximum absolute atomic E-state index is 12.3. The molecular formula is C15H20N4O2. The van der Waals surface area contributed by atoms with Crippen LogP contribution >= 0.6 is 0 Å². The standard InChI is InChI=1S/C15H20N4O2/c1-11(2)19-10-16-17-14(19)12-3-6-18(7-4-12)15(20)13-5-8-21-9-13/h5,8-12H,3-4,6-7H2,1-2H3. The zero-order valence-corrected chi connectivity index (χ0v) is 12.4. The van der Waals surface area contributed by atoms with Crippen molar-refractivity contribution in [1.29, 1.82) is 0 Å². The van der Waals surface area contributed by atoms with Crippen LogP contribution in [0.15, 0.2) is 29.3 Å². The third-order valence-electron chi connectivity index (χ3n) is 4.07. The van der Waals surface area contributed by atoms with Gasteiger partial charge in [0, 0.05) is 25.0 Å². The van der Waals surface area contributed by atoms with E-state index >= 15 is 0 Å². The molecule has 1 aliphatic rings. The average molecular weight is 288 g/mol. The molecule has 2 aromatic rings. The maximum atomic E-state index is 12.3. The first-order valence-electron chi connectivity index (χ1n) is 7.37. The minimum Gasteiger partial charge on any atom is -0.472 e. The quantitative estimate of drug-likeness (QED) is 0.870. The molecule has 112 valence electrons. The summed E-state index contributed by atoms with van der Waals surface area (Å²) in [6.45, 7) is 5.76. The number of furan rings is 1. The molecular weight excluding hydrogens is 268 g/mol. The van der Waals surface area contributed by atoms with Crippen molar-refractivity contribution in [3.8, 4) is 0 Å². The summed E-state index contributed by atoms with van der Waals surface area (Å²) in [6, 6.07) is 2.07. The average Bonchev–Trinajstić information content (AvgIpc) is 3.18. The number of rotatable bonds is 3. The number of likely N-dealkylation sites (tertiary alicyclic amines) is 1. The highest BCUT2D eigenvalue weighted by Gasteiger charge is 2.28. The van der Waals surface area contributed by atoms with Gasteiger partial charge in [0.15, 0.2) is 0 Å². The Balaban J connectivity index is 1.65. The van der Waals surface area contributed by atoms with Gasteiger partial charge in [0.1, 0.15) is 18.4 Å². The molecule has 1 saturated heterocycles. The van der Waals surface area contributed by atoms with Crippen LogP contribution in [0.4, 0.5) is 0 Å². The van der Waals surface area contributed by atoms with Crippen LogP contribution in [0.2, 0.25) is 0 Å². The molecule has 0 aliphatic carbocycles. The molecule has 1 fully saturated rings. The van der Waals surface area contributed by atoms with Crippen molar-refractivity contribution in [3.63, 3.8) is 0 Å². The Hall–Kier alpha value is -2.11. The minimum absolute atomic E-state index is 0.0486. The van der Waals surface area contributed by atoms with Crippen molar-refractivity contribution in [3.05, 3.63) is 36.3 Å². The molecule has 0 N–H and O–H groups in total. The lowest BCUT2D eigenvalue weighted by atomic mass is 9.95. The molecule has 6 nitrogen and oxygen atoms in total. The van der Waals surface area contributed by atoms with Crippen molar-refractivity contribution < 1.29 is 9.21 Å². The van der Waals surface area contributed by atoms with Crippen molar-refractivity contribution in [2.24, 2.45) is 0 Å². The van der Waals surface area contributed by atoms with E-state index in [4.69, 9.17) is 4.42 Å². The van der Waals surface area contributed by atoms with Gasteiger partial charge in [0.05, 0.1) is 11.8 Å². The minimum atomic E-state index is 0.0486. The second-order valence-electron chi connectivity index (χ2n) is 5.77. The Morgan fingerprint density at radius 1 is 1.38 bits per heavy atom. The van der Waals surface area contributed by atoms with Crippen LogP contribution in [0.3, 0.4) is 0 Å². The lowest BCUT2D eigenvalue weighted by molar-refractivity contribution is 0.0709. The van der Waals surface area contributed by atoms with Gasteiger partial charge in [0.25, 0.3) is 5.91 Å². The molecule has 2 aromatic heterocycles. The summed E-state index contributed by atoms with van der Waals surface area (Å²) in [5, 5.41) is 8.31. The highest BCUT2D eigenvalue weighted by Crippen LogP contribution is 2.28. The summed E-state index contributed by atoms with van der Waals surface area (Å²) < 4.78 is 7.10. The van der Waals surface area contributed by atoms with E-state index in [0.29, 0.717) is 17.5 Å². The number of piperidine rings is 1. The van der Waals surface area contributed by atoms with E-state index in [2.05, 4.69) is 28.6 Å². The monoisotopic (exact) mass is 288 g/mol. The molecule has 0 radical (unpaired) electrons. The van der Waals surface area contributed by atoms with Crippen LogP contribution < -0.4 is 0 Å². The summed E-state index contributed by atoms with van der Waals surface area (Å²) in [7, 11) is 0. The summed E-state index contributed by atoms with van der Waals surface area (Å²) in [5.74, 6) is 1.47. The number of carbonyl (C=O) groups excluding carboxylic acids is 1. The van der Waals surface area contributed by atoms with Gasteiger partial charge in [-0.05, 0) is 32.8 Å². The Kier molecular flexibility index (Phi) is 3.77. The fourth-order valence-corrected chi connectivity index (χ4v) is 2.85. The van der Waals surface area contributed by atoms with Crippen molar-refractivity contribution in [2.75, 3.05) is 13.1 Å². The van der Waals surface area contributed by atoms with Crippen LogP contribution in [-0.2, 0) is 0 Å². The van der Waals surface area contributed by atoms with Crippen molar-refractivity contribution in [1.82, 2.24) is 19.7 Å². The van der Waals surface area contributed by atoms with E-state index in [1.54, 1.807) is 12.4 Å². The number of amides is 1. The van der Waals surface area contributed by atoms with Crippen LogP contribution in [0.5, 0.6) is 0 Å². The van der Waals surface area contributed by atoms with Gasteiger partial charge in [-0.1, -0.05) is 0 Å². The normalized spacial score (nSPS) is 16.6. The highest BCUT2D eigenvalue weighted by molar-refractivity contribution is 5.93. The SMILES string of the molecule is CC(C)n1cnnc1C1CCN(C(=O)c2ccoc2)CC1. The van der Waals surface area contributed by atoms with Crippen LogP contribution in [0, 0.1) is 0 Å². The molecule has 0 aromatic carbocycles. The molecule has 21 heavy (non-hydrogen) atoms. The predicted octanol–water partition coefficient (Wildman–Crippen LogP) is 2.47. The van der Waals surface area contributed by atoms with E-state index in [-0.39, 0.29) is 5.91 Å². The number of aromatic nitrogens is 3. The zero-order valence-electron chi connectivity index (χ0n) is 12.4. The van der Waals surface area contributed by atoms with Gasteiger partial charge >= 0.3 is 0 Å². The van der Waals surface area contributed by atoms with Crippen LogP contribution in [-0.4, -0.2) is 38.7 Å². The van der Waals surface area contributed by atoms with Crippen molar-refractivity contribution in [2.45, 2.75) is 38.6 Å². The molecule has 3 rings (SSSR count). The van der Waals surface area contributed by atoms with Gasteiger partial charge in [-0.15, -0.1) is 10.2 Å². The van der Waals surface area contributed by atoms with Crippen LogP contribution in [0.1, 0.15) is 54.8 Å². The lowest BCUT2D eigenvalue weighted by Gasteiger charge is -2.31. The Morgan fingerprint density at radius 3 is 2.76 bits per heavy atom. The first-order chi connectivity index (χ1) is 10.2. The molecule has 0 saturated carbocycles. The summed E-state index contributed by atoms with van der Waals surface area (Å²) in [5.41, 5.74) is 0.624. The van der Waals surface area contributed by atoms with Gasteiger partial charge in [-0.3, -0.25) is 4.79 Å². The number of hydrogen-bond acceptors (Lipinski definition) is 4. The third-order valence-corrected chi connectivity index (χ3v) is 4.07. The molecule has 1 amide bonds. The Bertz CT molecular complexity index is 595. The largest absolute Gasteiger partial charge is 0.472 e. The molecule has 1 aliphatic heterocycles. The first-order valence-corrected chi connectivity index (χ1v) is 7.37. The van der Waals surface area contributed by atoms with E-state index in [1.807, 2.05) is 4.90 Å². The highest BCUT2D eigenvalue weighted by atomic mass is 16.3. The Morgan fingerprint density at radius 2 is 2.14 bits per heavy atom. The van der Waals surface area contributed by atoms with E-state index < -0.39 is 0 Å². The lowest BCUT2D eigenvalue weighted by Crippen LogP contribution is -2.38. The maximum Gasteiger partial charge on any atom is 0.257 e. The van der Waals surface area contributed by atoms with Gasteiger partial charge in [0.2, 0.25) is 0 Å². The molecule has 0 unspecified atom stereocenters. The van der Waals surface area contributed by atoms with E-state index in [0.717, 1.165) is 31.8 Å². The fraction of sp³-hybridized carbons (Fsp3) is 0.533. The fourth-order valence-electron chi connectivity index (χ4n) is 2.85. The Labute approximate surface area is 123 Å². The summed E-state index contributed by atoms with van der Waals surface area (Å²) in [6.07, 6.45) is 6.68. The summed E-state index contributed by atoms with van der Waals surface area (Å²) >= 11 is 0. The van der Waals surface area contributed by atoms with E-state index in [1.165, 1.54) is 12.5 Å². The second-order valence-corrected chi connectivity index (χ2v) is 5.77. The number of hydrogen-bond donors (Lipinski definition) is 0. The van der Waals surface area contributed by atoms with Crippen LogP contribution in [0.25, 0.3) is 0 Å². The second kappa shape index (κ2) is 5.71. The molecule has 0 atom stereocenters. The van der Waals surface area contributed by atoms with Gasteiger partial charge < -0.3 is 13.9 Å². The topological polar surface area (TPSA) is 64.2 Å². The molecule has 3 heterocycles. The predicted molar refractivity (Wildman–Crippen MR) is 77.0 cm³/mol. The van der Waals surface area contributed by atoms with Crippen molar-refractivity contribution >= 4 is 5.91 Å². The van der Waals surface area contributed by atoms with E-state index in [9.17, 15) is 4.79 Å². The third kappa shape index (κ3) is 2.70. The number of nitrogens with zero attached hydrogens (tertiary/aromatic N) is 4. The smallest absolute Gasteiger partial charge is 0.257 e. The molecule has 0 bridgehead atoms. The number of carbonyl (C=O) groups is 1. The zero-order chi connectivity index (χ0) is 14.8. The van der Waals surface area contributed by atoms with Gasteiger partial charge in [-0.25, -0.2) is 0 Å².